The maximum absolute atomic E-state index is 12.8. The van der Waals surface area contributed by atoms with E-state index in [1.165, 1.54) is 12.7 Å². The molecule has 0 spiro atoms. The summed E-state index contributed by atoms with van der Waals surface area (Å²) < 4.78 is 14.8. The Bertz CT molecular complexity index is 1400. The highest BCUT2D eigenvalue weighted by atomic mass is 28.4. The second-order valence-electron chi connectivity index (χ2n) is 10.9. The van der Waals surface area contributed by atoms with E-state index >= 15 is 0 Å². The molecule has 3 heterocycles. The third kappa shape index (κ3) is 5.93. The number of imidazole rings is 1. The molecule has 0 saturated carbocycles. The van der Waals surface area contributed by atoms with Gasteiger partial charge in [-0.05, 0) is 35.8 Å². The standard InChI is InChI=1S/C25H32N8O5Si/c1-25(2,3)39(4,5)38-20-16(12-30-32-26)17(11-18(34)35)37-24(20)33-14-29-19-21(27-13-28-22(19)33)31-23(36)15-9-7-6-8-10-15/h6-10,13-14,16-17,20,24H,11-12H2,1-5H3,(H,34,35)(H,27,28,31,36)/t16-,17-,20-,24-/m1/s1. The van der Waals surface area contributed by atoms with Gasteiger partial charge in [-0.15, -0.1) is 0 Å². The number of azide groups is 1. The van der Waals surface area contributed by atoms with Gasteiger partial charge in [0.15, 0.2) is 31.5 Å². The van der Waals surface area contributed by atoms with E-state index in [9.17, 15) is 14.7 Å². The van der Waals surface area contributed by atoms with E-state index in [1.807, 2.05) is 6.07 Å². The minimum atomic E-state index is -2.40. The number of hydrogen-bond acceptors (Lipinski definition) is 8. The lowest BCUT2D eigenvalue weighted by Gasteiger charge is -2.40. The first-order valence-electron chi connectivity index (χ1n) is 12.5. The van der Waals surface area contributed by atoms with Crippen molar-refractivity contribution in [1.29, 1.82) is 0 Å². The van der Waals surface area contributed by atoms with Crippen molar-refractivity contribution in [2.75, 3.05) is 11.9 Å². The monoisotopic (exact) mass is 552 g/mol. The Labute approximate surface area is 226 Å². The molecule has 4 rings (SSSR count). The molecule has 1 saturated heterocycles. The molecule has 2 N–H and O–H groups in total. The van der Waals surface area contributed by atoms with Gasteiger partial charge < -0.3 is 19.6 Å². The SMILES string of the molecule is CC(C)(C)[Si](C)(C)O[C@@H]1[C@H](CN=[N+]=[N-])[C@@H](CC(=O)O)O[C@H]1n1cnc2c(NC(=O)c3ccccc3)ncnc21. The summed E-state index contributed by atoms with van der Waals surface area (Å²) >= 11 is 0. The van der Waals surface area contributed by atoms with Crippen molar-refractivity contribution >= 4 is 37.2 Å². The molecule has 13 nitrogen and oxygen atoms in total. The summed E-state index contributed by atoms with van der Waals surface area (Å²) in [5, 5.41) is 16.0. The summed E-state index contributed by atoms with van der Waals surface area (Å²) in [5.74, 6) is -1.69. The van der Waals surface area contributed by atoms with Crippen LogP contribution in [0.25, 0.3) is 21.6 Å². The van der Waals surface area contributed by atoms with Crippen LogP contribution in [0.5, 0.6) is 0 Å². The van der Waals surface area contributed by atoms with Crippen molar-refractivity contribution in [3.05, 3.63) is 59.0 Å². The van der Waals surface area contributed by atoms with Gasteiger partial charge in [0.05, 0.1) is 25.0 Å². The number of carboxylic acid groups (broad SMARTS) is 1. The van der Waals surface area contributed by atoms with Crippen LogP contribution in [-0.4, -0.2) is 63.6 Å². The van der Waals surface area contributed by atoms with Crippen molar-refractivity contribution < 1.29 is 23.9 Å². The Balaban J connectivity index is 1.75. The molecule has 2 aromatic heterocycles. The number of fused-ring (bicyclic) bond motifs is 1. The highest BCUT2D eigenvalue weighted by Crippen LogP contribution is 2.45. The van der Waals surface area contributed by atoms with Crippen LogP contribution in [0.15, 0.2) is 48.1 Å². The number of nitrogens with one attached hydrogen (secondary N) is 1. The number of hydrogen-bond donors (Lipinski definition) is 2. The molecule has 206 valence electrons. The molecule has 14 heteroatoms. The van der Waals surface area contributed by atoms with Crippen molar-refractivity contribution in [3.63, 3.8) is 0 Å². The van der Waals surface area contributed by atoms with Gasteiger partial charge in [-0.25, -0.2) is 15.0 Å². The number of carboxylic acids is 1. The number of ether oxygens (including phenoxy) is 1. The Morgan fingerprint density at radius 3 is 2.59 bits per heavy atom. The van der Waals surface area contributed by atoms with Crippen LogP contribution in [0.4, 0.5) is 5.82 Å². The number of rotatable bonds is 9. The van der Waals surface area contributed by atoms with Crippen LogP contribution >= 0.6 is 0 Å². The summed E-state index contributed by atoms with van der Waals surface area (Å²) in [7, 11) is -2.40. The minimum Gasteiger partial charge on any atom is -0.481 e. The van der Waals surface area contributed by atoms with Crippen LogP contribution in [0.2, 0.25) is 18.1 Å². The number of benzene rings is 1. The topological polar surface area (TPSA) is 177 Å². The summed E-state index contributed by atoms with van der Waals surface area (Å²) in [6, 6.07) is 8.72. The molecule has 4 atom stereocenters. The average Bonchev–Trinajstić information content (AvgIpc) is 3.44. The van der Waals surface area contributed by atoms with Gasteiger partial charge >= 0.3 is 5.97 Å². The van der Waals surface area contributed by atoms with E-state index in [0.717, 1.165) is 0 Å². The van der Waals surface area contributed by atoms with Crippen molar-refractivity contribution in [2.24, 2.45) is 11.0 Å². The molecule has 1 amide bonds. The van der Waals surface area contributed by atoms with Gasteiger partial charge in [0.2, 0.25) is 0 Å². The predicted molar refractivity (Wildman–Crippen MR) is 145 cm³/mol. The van der Waals surface area contributed by atoms with E-state index in [1.54, 1.807) is 28.8 Å². The van der Waals surface area contributed by atoms with Gasteiger partial charge in [0, 0.05) is 22.9 Å². The number of carbonyl (C=O) groups excluding carboxylic acids is 1. The van der Waals surface area contributed by atoms with E-state index in [0.29, 0.717) is 16.7 Å². The Morgan fingerprint density at radius 2 is 1.95 bits per heavy atom. The maximum atomic E-state index is 12.8. The van der Waals surface area contributed by atoms with Gasteiger partial charge in [0.25, 0.3) is 5.91 Å². The first-order valence-corrected chi connectivity index (χ1v) is 15.4. The Morgan fingerprint density at radius 1 is 1.23 bits per heavy atom. The lowest BCUT2D eigenvalue weighted by molar-refractivity contribution is -0.141. The van der Waals surface area contributed by atoms with Crippen molar-refractivity contribution in [1.82, 2.24) is 19.5 Å². The van der Waals surface area contributed by atoms with Crippen molar-refractivity contribution in [2.45, 2.75) is 63.8 Å². The van der Waals surface area contributed by atoms with Crippen LogP contribution in [0.3, 0.4) is 0 Å². The summed E-state index contributed by atoms with van der Waals surface area (Å²) in [6.45, 7) is 10.5. The zero-order chi connectivity index (χ0) is 28.4. The fourth-order valence-corrected chi connectivity index (χ4v) is 5.61. The van der Waals surface area contributed by atoms with Gasteiger partial charge in [-0.2, -0.15) is 0 Å². The van der Waals surface area contributed by atoms with E-state index in [-0.39, 0.29) is 29.7 Å². The minimum absolute atomic E-state index is 0.00420. The summed E-state index contributed by atoms with van der Waals surface area (Å²) in [4.78, 5) is 40.4. The number of aromatic nitrogens is 4. The third-order valence-corrected chi connectivity index (χ3v) is 11.8. The molecule has 0 bridgehead atoms. The predicted octanol–water partition coefficient (Wildman–Crippen LogP) is 4.77. The second-order valence-corrected chi connectivity index (χ2v) is 15.7. The van der Waals surface area contributed by atoms with E-state index in [2.05, 4.69) is 64.2 Å². The second kappa shape index (κ2) is 11.1. The molecule has 39 heavy (non-hydrogen) atoms. The fourth-order valence-electron chi connectivity index (χ4n) is 4.29. The molecule has 0 radical (unpaired) electrons. The van der Waals surface area contributed by atoms with Crippen LogP contribution in [0, 0.1) is 5.92 Å². The summed E-state index contributed by atoms with van der Waals surface area (Å²) in [5.41, 5.74) is 10.2. The molecule has 1 aliphatic heterocycles. The van der Waals surface area contributed by atoms with Crippen LogP contribution in [0.1, 0.15) is 43.8 Å². The zero-order valence-corrected chi connectivity index (χ0v) is 23.5. The highest BCUT2D eigenvalue weighted by molar-refractivity contribution is 6.74. The van der Waals surface area contributed by atoms with Gasteiger partial charge in [0.1, 0.15) is 6.33 Å². The number of aliphatic carboxylic acids is 1. The van der Waals surface area contributed by atoms with Gasteiger partial charge in [-0.1, -0.05) is 44.1 Å². The Kier molecular flexibility index (Phi) is 8.02. The number of amides is 1. The molecular weight excluding hydrogens is 520 g/mol. The smallest absolute Gasteiger partial charge is 0.305 e. The molecule has 0 aliphatic carbocycles. The summed E-state index contributed by atoms with van der Waals surface area (Å²) in [6.07, 6.45) is 0.309. The van der Waals surface area contributed by atoms with Gasteiger partial charge in [-0.3, -0.25) is 14.2 Å². The third-order valence-electron chi connectivity index (χ3n) is 7.36. The van der Waals surface area contributed by atoms with E-state index < -0.39 is 38.6 Å². The Hall–Kier alpha value is -3.84. The number of carbonyl (C=O) groups is 2. The largest absolute Gasteiger partial charge is 0.481 e. The van der Waals surface area contributed by atoms with Crippen LogP contribution in [-0.2, 0) is 14.0 Å². The average molecular weight is 553 g/mol. The zero-order valence-electron chi connectivity index (χ0n) is 22.5. The first kappa shape index (κ1) is 28.2. The fraction of sp³-hybridized carbons (Fsp3) is 0.480. The normalized spacial score (nSPS) is 21.5. The highest BCUT2D eigenvalue weighted by Gasteiger charge is 2.51. The molecule has 3 aromatic rings. The molecule has 1 aliphatic rings. The quantitative estimate of drug-likeness (QED) is 0.165. The van der Waals surface area contributed by atoms with E-state index in [4.69, 9.17) is 14.7 Å². The number of anilines is 1. The lowest BCUT2D eigenvalue weighted by Crippen LogP contribution is -2.47. The molecule has 1 aromatic carbocycles. The number of nitrogens with zero attached hydrogens (tertiary/aromatic N) is 7. The maximum Gasteiger partial charge on any atom is 0.305 e. The molecular formula is C25H32N8O5Si. The lowest BCUT2D eigenvalue weighted by atomic mass is 9.96. The molecule has 0 unspecified atom stereocenters. The van der Waals surface area contributed by atoms with Crippen molar-refractivity contribution in [3.8, 4) is 0 Å². The first-order chi connectivity index (χ1) is 18.4. The van der Waals surface area contributed by atoms with Crippen LogP contribution < -0.4 is 5.32 Å². The molecule has 1 fully saturated rings.